The van der Waals surface area contributed by atoms with E-state index in [0.29, 0.717) is 6.42 Å². The average molecular weight is 257 g/mol. The molecule has 0 fully saturated rings. The van der Waals surface area contributed by atoms with Crippen molar-refractivity contribution in [3.63, 3.8) is 0 Å². The first-order valence-electron chi connectivity index (χ1n) is 4.40. The lowest BCUT2D eigenvalue weighted by molar-refractivity contribution is -0.133. The molecule has 1 N–H and O–H groups in total. The van der Waals surface area contributed by atoms with Crippen molar-refractivity contribution in [2.75, 3.05) is 0 Å². The van der Waals surface area contributed by atoms with Gasteiger partial charge in [0.25, 0.3) is 0 Å². The summed E-state index contributed by atoms with van der Waals surface area (Å²) < 4.78 is 0.953. The largest absolute Gasteiger partial charge is 0.382 e. The molecule has 0 saturated heterocycles. The number of aliphatic hydroxyl groups is 1. The molecule has 0 aromatic heterocycles. The first-order chi connectivity index (χ1) is 6.42. The van der Waals surface area contributed by atoms with Gasteiger partial charge in [0.2, 0.25) is 0 Å². The number of halogens is 1. The standard InChI is InChI=1S/C11H13BrO2/c1-8(13)11(2,14)7-9-4-3-5-10(12)6-9/h3-6,14H,7H2,1-2H3. The van der Waals surface area contributed by atoms with E-state index in [9.17, 15) is 9.90 Å². The third-order valence-corrected chi connectivity index (χ3v) is 2.69. The molecule has 0 aliphatic rings. The smallest absolute Gasteiger partial charge is 0.161 e. The summed E-state index contributed by atoms with van der Waals surface area (Å²) in [5.41, 5.74) is -0.319. The van der Waals surface area contributed by atoms with E-state index in [2.05, 4.69) is 15.9 Å². The number of hydrogen-bond acceptors (Lipinski definition) is 2. The number of benzene rings is 1. The Balaban J connectivity index is 2.83. The van der Waals surface area contributed by atoms with Gasteiger partial charge in [-0.15, -0.1) is 0 Å². The lowest BCUT2D eigenvalue weighted by Crippen LogP contribution is -2.35. The van der Waals surface area contributed by atoms with E-state index in [1.165, 1.54) is 13.8 Å². The minimum atomic E-state index is -1.26. The number of hydrogen-bond donors (Lipinski definition) is 1. The monoisotopic (exact) mass is 256 g/mol. The first-order valence-corrected chi connectivity index (χ1v) is 5.19. The van der Waals surface area contributed by atoms with Crippen molar-refractivity contribution in [3.05, 3.63) is 34.3 Å². The molecule has 1 aromatic rings. The van der Waals surface area contributed by atoms with Crippen LogP contribution in [0, 0.1) is 0 Å². The topological polar surface area (TPSA) is 37.3 Å². The van der Waals surface area contributed by atoms with E-state index in [-0.39, 0.29) is 5.78 Å². The van der Waals surface area contributed by atoms with Crippen LogP contribution in [-0.4, -0.2) is 16.5 Å². The van der Waals surface area contributed by atoms with Crippen molar-refractivity contribution in [1.82, 2.24) is 0 Å². The average Bonchev–Trinajstić information content (AvgIpc) is 2.02. The number of carbonyl (C=O) groups is 1. The Morgan fingerprint density at radius 2 is 2.21 bits per heavy atom. The summed E-state index contributed by atoms with van der Waals surface area (Å²) in [6, 6.07) is 7.58. The second-order valence-corrected chi connectivity index (χ2v) is 4.55. The van der Waals surface area contributed by atoms with E-state index in [0.717, 1.165) is 10.0 Å². The fraction of sp³-hybridized carbons (Fsp3) is 0.364. The Morgan fingerprint density at radius 1 is 1.57 bits per heavy atom. The van der Waals surface area contributed by atoms with Crippen LogP contribution >= 0.6 is 15.9 Å². The van der Waals surface area contributed by atoms with Crippen molar-refractivity contribution in [1.29, 1.82) is 0 Å². The molecule has 3 heteroatoms. The van der Waals surface area contributed by atoms with Gasteiger partial charge in [-0.1, -0.05) is 28.1 Å². The van der Waals surface area contributed by atoms with Crippen LogP contribution < -0.4 is 0 Å². The third-order valence-electron chi connectivity index (χ3n) is 2.20. The molecule has 0 bridgehead atoms. The molecular weight excluding hydrogens is 244 g/mol. The molecule has 0 aliphatic carbocycles. The van der Waals surface area contributed by atoms with Crippen LogP contribution in [0.1, 0.15) is 19.4 Å². The van der Waals surface area contributed by atoms with Crippen molar-refractivity contribution in [3.8, 4) is 0 Å². The van der Waals surface area contributed by atoms with Crippen LogP contribution in [-0.2, 0) is 11.2 Å². The molecule has 76 valence electrons. The highest BCUT2D eigenvalue weighted by molar-refractivity contribution is 9.10. The van der Waals surface area contributed by atoms with Gasteiger partial charge in [-0.05, 0) is 31.5 Å². The van der Waals surface area contributed by atoms with Gasteiger partial charge in [0.15, 0.2) is 5.78 Å². The molecule has 2 nitrogen and oxygen atoms in total. The van der Waals surface area contributed by atoms with Gasteiger partial charge in [-0.3, -0.25) is 4.79 Å². The number of rotatable bonds is 3. The molecule has 0 spiro atoms. The maximum absolute atomic E-state index is 11.1. The first kappa shape index (κ1) is 11.4. The zero-order valence-electron chi connectivity index (χ0n) is 8.25. The van der Waals surface area contributed by atoms with Crippen LogP contribution in [0.3, 0.4) is 0 Å². The quantitative estimate of drug-likeness (QED) is 0.902. The molecule has 1 atom stereocenters. The highest BCUT2D eigenvalue weighted by atomic mass is 79.9. The summed E-state index contributed by atoms with van der Waals surface area (Å²) >= 11 is 3.34. The summed E-state index contributed by atoms with van der Waals surface area (Å²) in [4.78, 5) is 11.1. The molecule has 0 aliphatic heterocycles. The van der Waals surface area contributed by atoms with Crippen LogP contribution in [0.5, 0.6) is 0 Å². The Hall–Kier alpha value is -0.670. The highest BCUT2D eigenvalue weighted by Gasteiger charge is 2.26. The minimum Gasteiger partial charge on any atom is -0.382 e. The van der Waals surface area contributed by atoms with Crippen molar-refractivity contribution < 1.29 is 9.90 Å². The number of ketones is 1. The van der Waals surface area contributed by atoms with Gasteiger partial charge >= 0.3 is 0 Å². The summed E-state index contributed by atoms with van der Waals surface area (Å²) in [6.45, 7) is 2.94. The SMILES string of the molecule is CC(=O)C(C)(O)Cc1cccc(Br)c1. The van der Waals surface area contributed by atoms with E-state index >= 15 is 0 Å². The van der Waals surface area contributed by atoms with Gasteiger partial charge in [-0.2, -0.15) is 0 Å². The van der Waals surface area contributed by atoms with E-state index in [1.807, 2.05) is 24.3 Å². The normalized spacial score (nSPS) is 14.9. The molecule has 0 saturated carbocycles. The Bertz CT molecular complexity index is 345. The minimum absolute atomic E-state index is 0.211. The van der Waals surface area contributed by atoms with E-state index < -0.39 is 5.60 Å². The van der Waals surface area contributed by atoms with Gasteiger partial charge < -0.3 is 5.11 Å². The third kappa shape index (κ3) is 2.93. The fourth-order valence-corrected chi connectivity index (χ4v) is 1.62. The summed E-state index contributed by atoms with van der Waals surface area (Å²) in [5, 5.41) is 9.77. The predicted molar refractivity (Wildman–Crippen MR) is 59.2 cm³/mol. The summed E-state index contributed by atoms with van der Waals surface area (Å²) in [6.07, 6.45) is 0.349. The second-order valence-electron chi connectivity index (χ2n) is 3.64. The van der Waals surface area contributed by atoms with Gasteiger partial charge in [0.05, 0.1) is 0 Å². The lowest BCUT2D eigenvalue weighted by atomic mass is 9.93. The molecule has 14 heavy (non-hydrogen) atoms. The van der Waals surface area contributed by atoms with Crippen LogP contribution in [0.25, 0.3) is 0 Å². The maximum Gasteiger partial charge on any atom is 0.161 e. The fourth-order valence-electron chi connectivity index (χ4n) is 1.17. The van der Waals surface area contributed by atoms with Crippen LogP contribution in [0.2, 0.25) is 0 Å². The molecule has 0 amide bonds. The maximum atomic E-state index is 11.1. The number of Topliss-reactive ketones (excluding diaryl/α,β-unsaturated/α-hetero) is 1. The molecular formula is C11H13BrO2. The number of carbonyl (C=O) groups excluding carboxylic acids is 1. The van der Waals surface area contributed by atoms with Crippen molar-refractivity contribution >= 4 is 21.7 Å². The van der Waals surface area contributed by atoms with Crippen molar-refractivity contribution in [2.45, 2.75) is 25.9 Å². The molecule has 0 heterocycles. The molecule has 1 unspecified atom stereocenters. The molecule has 1 aromatic carbocycles. The Kier molecular flexibility index (Phi) is 3.45. The summed E-state index contributed by atoms with van der Waals surface area (Å²) in [5.74, 6) is -0.211. The molecule has 1 rings (SSSR count). The van der Waals surface area contributed by atoms with Crippen LogP contribution in [0.15, 0.2) is 28.7 Å². The van der Waals surface area contributed by atoms with E-state index in [1.54, 1.807) is 0 Å². The Morgan fingerprint density at radius 3 is 2.71 bits per heavy atom. The lowest BCUT2D eigenvalue weighted by Gasteiger charge is -2.19. The highest BCUT2D eigenvalue weighted by Crippen LogP contribution is 2.17. The van der Waals surface area contributed by atoms with Crippen molar-refractivity contribution in [2.24, 2.45) is 0 Å². The predicted octanol–water partition coefficient (Wildman–Crippen LogP) is 2.33. The molecule has 0 radical (unpaired) electrons. The second kappa shape index (κ2) is 4.24. The zero-order chi connectivity index (χ0) is 10.8. The van der Waals surface area contributed by atoms with E-state index in [4.69, 9.17) is 0 Å². The Labute approximate surface area is 92.1 Å². The van der Waals surface area contributed by atoms with Gasteiger partial charge in [0, 0.05) is 10.9 Å². The van der Waals surface area contributed by atoms with Crippen LogP contribution in [0.4, 0.5) is 0 Å². The van der Waals surface area contributed by atoms with Gasteiger partial charge in [0.1, 0.15) is 5.60 Å². The summed E-state index contributed by atoms with van der Waals surface area (Å²) in [7, 11) is 0. The van der Waals surface area contributed by atoms with Gasteiger partial charge in [-0.25, -0.2) is 0 Å². The zero-order valence-corrected chi connectivity index (χ0v) is 9.84.